The Balaban J connectivity index is 2.02. The van der Waals surface area contributed by atoms with Crippen molar-refractivity contribution >= 4 is 28.1 Å². The van der Waals surface area contributed by atoms with E-state index in [0.29, 0.717) is 11.3 Å². The Hall–Kier alpha value is -4.00. The number of nitro benzene ring substituents is 1. The van der Waals surface area contributed by atoms with Crippen molar-refractivity contribution in [2.75, 3.05) is 0 Å². The number of pyridine rings is 1. The summed E-state index contributed by atoms with van der Waals surface area (Å²) in [5, 5.41) is 25.4. The maximum Gasteiger partial charge on any atom is 0.334 e. The predicted octanol–water partition coefficient (Wildman–Crippen LogP) is 4.62. The molecule has 0 saturated heterocycles. The number of benzene rings is 2. The van der Waals surface area contributed by atoms with Crippen molar-refractivity contribution in [3.8, 4) is 0 Å². The van der Waals surface area contributed by atoms with Gasteiger partial charge in [0.2, 0.25) is 0 Å². The van der Waals surface area contributed by atoms with Crippen molar-refractivity contribution in [2.24, 2.45) is 0 Å². The first kappa shape index (κ1) is 19.3. The van der Waals surface area contributed by atoms with Gasteiger partial charge >= 0.3 is 5.97 Å². The summed E-state index contributed by atoms with van der Waals surface area (Å²) in [6, 6.07) is 15.6. The number of rotatable bonds is 4. The van der Waals surface area contributed by atoms with Gasteiger partial charge in [0.1, 0.15) is 0 Å². The molecule has 4 rings (SSSR count). The van der Waals surface area contributed by atoms with Gasteiger partial charge in [-0.25, -0.2) is 4.79 Å². The molecule has 1 atom stereocenters. The maximum absolute atomic E-state index is 12.2. The molecule has 0 radical (unpaired) electrons. The summed E-state index contributed by atoms with van der Waals surface area (Å²) in [6.07, 6.45) is 1.71. The maximum atomic E-state index is 12.2. The van der Waals surface area contributed by atoms with Crippen LogP contribution in [0.2, 0.25) is 0 Å². The van der Waals surface area contributed by atoms with Gasteiger partial charge in [0, 0.05) is 41.0 Å². The van der Waals surface area contributed by atoms with E-state index in [2.05, 4.69) is 10.3 Å². The molecule has 0 spiro atoms. The van der Waals surface area contributed by atoms with Crippen LogP contribution < -0.4 is 5.32 Å². The standard InChI is InChI=1S/C23H19N3O4/c1-13-20(18-8-4-10-19-17(18)9-5-11-24-19)22(21(23(27)28)14(2)25-13)15-6-3-7-16(12-15)26(29)30/h3-12,22,25H,1-2H3,(H,27,28). The van der Waals surface area contributed by atoms with Gasteiger partial charge in [0.05, 0.1) is 16.0 Å². The van der Waals surface area contributed by atoms with Crippen LogP contribution in [0.15, 0.2) is 77.8 Å². The van der Waals surface area contributed by atoms with Gasteiger partial charge < -0.3 is 10.4 Å². The number of dihydropyridines is 1. The number of allylic oxidation sites excluding steroid dienone is 3. The molecule has 0 aliphatic carbocycles. The van der Waals surface area contributed by atoms with Crippen LogP contribution in [0.25, 0.3) is 16.5 Å². The lowest BCUT2D eigenvalue weighted by Gasteiger charge is -2.31. The molecule has 2 aromatic carbocycles. The van der Waals surface area contributed by atoms with Gasteiger partial charge in [0.15, 0.2) is 0 Å². The minimum atomic E-state index is -1.07. The van der Waals surface area contributed by atoms with Gasteiger partial charge in [-0.15, -0.1) is 0 Å². The van der Waals surface area contributed by atoms with E-state index >= 15 is 0 Å². The predicted molar refractivity (Wildman–Crippen MR) is 114 cm³/mol. The molecule has 0 saturated carbocycles. The number of carbonyl (C=O) groups is 1. The van der Waals surface area contributed by atoms with Gasteiger partial charge in [-0.2, -0.15) is 0 Å². The molecule has 30 heavy (non-hydrogen) atoms. The van der Waals surface area contributed by atoms with E-state index in [1.807, 2.05) is 37.3 Å². The Morgan fingerprint density at radius 1 is 1.10 bits per heavy atom. The average Bonchev–Trinajstić information content (AvgIpc) is 2.72. The fourth-order valence-electron chi connectivity index (χ4n) is 4.12. The van der Waals surface area contributed by atoms with Crippen LogP contribution in [0.3, 0.4) is 0 Å². The van der Waals surface area contributed by atoms with Gasteiger partial charge in [0.25, 0.3) is 5.69 Å². The lowest BCUT2D eigenvalue weighted by atomic mass is 9.77. The normalized spacial score (nSPS) is 16.5. The average molecular weight is 401 g/mol. The lowest BCUT2D eigenvalue weighted by Crippen LogP contribution is -2.27. The Bertz CT molecular complexity index is 1250. The summed E-state index contributed by atoms with van der Waals surface area (Å²) >= 11 is 0. The zero-order valence-corrected chi connectivity index (χ0v) is 16.4. The molecule has 0 amide bonds. The lowest BCUT2D eigenvalue weighted by molar-refractivity contribution is -0.384. The summed E-state index contributed by atoms with van der Waals surface area (Å²) in [5.41, 5.74) is 4.34. The largest absolute Gasteiger partial charge is 0.478 e. The molecule has 1 aliphatic heterocycles. The fourth-order valence-corrected chi connectivity index (χ4v) is 4.12. The van der Waals surface area contributed by atoms with Crippen LogP contribution in [-0.4, -0.2) is 21.0 Å². The second-order valence-corrected chi connectivity index (χ2v) is 7.17. The molecular weight excluding hydrogens is 382 g/mol. The molecule has 2 N–H and O–H groups in total. The highest BCUT2D eigenvalue weighted by atomic mass is 16.6. The van der Waals surface area contributed by atoms with Gasteiger partial charge in [-0.3, -0.25) is 15.1 Å². The number of hydrogen-bond acceptors (Lipinski definition) is 5. The Morgan fingerprint density at radius 3 is 2.60 bits per heavy atom. The van der Waals surface area contributed by atoms with E-state index in [1.54, 1.807) is 25.3 Å². The van der Waals surface area contributed by atoms with Crippen LogP contribution in [-0.2, 0) is 4.79 Å². The molecule has 3 aromatic rings. The van der Waals surface area contributed by atoms with Gasteiger partial charge in [-0.1, -0.05) is 30.3 Å². The van der Waals surface area contributed by atoms with Crippen LogP contribution in [0.4, 0.5) is 5.69 Å². The van der Waals surface area contributed by atoms with E-state index in [1.165, 1.54) is 12.1 Å². The number of nitrogens with one attached hydrogen (secondary N) is 1. The highest BCUT2D eigenvalue weighted by molar-refractivity contribution is 6.01. The van der Waals surface area contributed by atoms with Crippen molar-refractivity contribution in [1.29, 1.82) is 0 Å². The summed E-state index contributed by atoms with van der Waals surface area (Å²) in [5.74, 6) is -1.74. The van der Waals surface area contributed by atoms with Crippen LogP contribution in [0.1, 0.15) is 30.9 Å². The number of nitro groups is 1. The third kappa shape index (κ3) is 3.20. The number of carboxylic acids is 1. The fraction of sp³-hybridized carbons (Fsp3) is 0.130. The summed E-state index contributed by atoms with van der Waals surface area (Å²) in [4.78, 5) is 27.5. The van der Waals surface area contributed by atoms with Crippen molar-refractivity contribution in [3.05, 3.63) is 99.0 Å². The van der Waals surface area contributed by atoms with Crippen LogP contribution in [0.5, 0.6) is 0 Å². The second-order valence-electron chi connectivity index (χ2n) is 7.17. The first-order valence-corrected chi connectivity index (χ1v) is 9.39. The van der Waals surface area contributed by atoms with E-state index in [-0.39, 0.29) is 11.3 Å². The van der Waals surface area contributed by atoms with E-state index in [0.717, 1.165) is 27.7 Å². The number of non-ortho nitro benzene ring substituents is 1. The Morgan fingerprint density at radius 2 is 1.87 bits per heavy atom. The van der Waals surface area contributed by atoms with Crippen molar-refractivity contribution < 1.29 is 14.8 Å². The highest BCUT2D eigenvalue weighted by Crippen LogP contribution is 2.45. The Labute approximate surface area is 172 Å². The number of fused-ring (bicyclic) bond motifs is 1. The molecule has 7 heteroatoms. The molecule has 1 aliphatic rings. The smallest absolute Gasteiger partial charge is 0.334 e. The molecule has 150 valence electrons. The molecule has 0 fully saturated rings. The second kappa shape index (κ2) is 7.44. The van der Waals surface area contributed by atoms with E-state index < -0.39 is 16.8 Å². The number of aromatic nitrogens is 1. The quantitative estimate of drug-likeness (QED) is 0.488. The number of carboxylic acid groups (broad SMARTS) is 1. The van der Waals surface area contributed by atoms with Crippen molar-refractivity contribution in [1.82, 2.24) is 10.3 Å². The first-order chi connectivity index (χ1) is 14.4. The van der Waals surface area contributed by atoms with E-state index in [9.17, 15) is 20.0 Å². The molecule has 1 aromatic heterocycles. The zero-order chi connectivity index (χ0) is 21.4. The molecule has 7 nitrogen and oxygen atoms in total. The first-order valence-electron chi connectivity index (χ1n) is 9.39. The van der Waals surface area contributed by atoms with Crippen molar-refractivity contribution in [3.63, 3.8) is 0 Å². The Kier molecular flexibility index (Phi) is 4.79. The SMILES string of the molecule is CC1=C(C(=O)O)C(c2cccc([N+](=O)[O-])c2)C(c2cccc3ncccc23)=C(C)N1. The van der Waals surface area contributed by atoms with Crippen LogP contribution >= 0.6 is 0 Å². The summed E-state index contributed by atoms with van der Waals surface area (Å²) < 4.78 is 0. The summed E-state index contributed by atoms with van der Waals surface area (Å²) in [7, 11) is 0. The molecule has 2 heterocycles. The minimum Gasteiger partial charge on any atom is -0.478 e. The number of hydrogen-bond donors (Lipinski definition) is 2. The topological polar surface area (TPSA) is 105 Å². The van der Waals surface area contributed by atoms with Crippen LogP contribution in [0, 0.1) is 10.1 Å². The van der Waals surface area contributed by atoms with Gasteiger partial charge in [-0.05, 0) is 42.7 Å². The third-order valence-electron chi connectivity index (χ3n) is 5.34. The highest BCUT2D eigenvalue weighted by Gasteiger charge is 2.35. The monoisotopic (exact) mass is 401 g/mol. The molecular formula is C23H19N3O4. The zero-order valence-electron chi connectivity index (χ0n) is 16.4. The van der Waals surface area contributed by atoms with E-state index in [4.69, 9.17) is 0 Å². The number of nitrogens with zero attached hydrogens (tertiary/aromatic N) is 2. The summed E-state index contributed by atoms with van der Waals surface area (Å²) in [6.45, 7) is 3.59. The molecule has 1 unspecified atom stereocenters. The number of aliphatic carboxylic acids is 1. The minimum absolute atomic E-state index is 0.0787. The molecule has 0 bridgehead atoms. The van der Waals surface area contributed by atoms with Crippen molar-refractivity contribution in [2.45, 2.75) is 19.8 Å². The third-order valence-corrected chi connectivity index (χ3v) is 5.34.